The third kappa shape index (κ3) is 2.41. The zero-order valence-corrected chi connectivity index (χ0v) is 6.92. The molecule has 0 spiro atoms. The van der Waals surface area contributed by atoms with Gasteiger partial charge in [0.1, 0.15) is 0 Å². The van der Waals surface area contributed by atoms with Gasteiger partial charge >= 0.3 is 77.8 Å². The standard InChI is InChI=1S/C6H4B4N2O/c1-3-7-9-11-5(1)13-6-2-4-8-10-12-6/h1-4H. The van der Waals surface area contributed by atoms with Crippen LogP contribution in [0.4, 0.5) is 0 Å². The van der Waals surface area contributed by atoms with Crippen LogP contribution in [0.25, 0.3) is 0 Å². The number of hydrogen-bond acceptors (Lipinski definition) is 3. The van der Waals surface area contributed by atoms with E-state index in [1.807, 2.05) is 25.5 Å². The van der Waals surface area contributed by atoms with Crippen molar-refractivity contribution in [1.29, 1.82) is 0 Å². The van der Waals surface area contributed by atoms with Crippen molar-refractivity contribution in [1.82, 2.24) is 9.78 Å². The number of nitrogens with zero attached hydrogens (tertiary/aromatic N) is 2. The van der Waals surface area contributed by atoms with E-state index in [1.54, 1.807) is 26.0 Å². The Bertz CT molecular complexity index is 333. The molecule has 0 bridgehead atoms. The molecule has 0 radical (unpaired) electrons. The normalized spacial score (nSPS) is 8.31. The quantitative estimate of drug-likeness (QED) is 0.605. The Balaban J connectivity index is 2.16. The summed E-state index contributed by atoms with van der Waals surface area (Å²) >= 11 is 0. The van der Waals surface area contributed by atoms with Gasteiger partial charge in [0.15, 0.2) is 0 Å². The first-order valence-corrected chi connectivity index (χ1v) is 3.95. The molecule has 2 rings (SSSR count). The Hall–Kier alpha value is -1.12. The van der Waals surface area contributed by atoms with E-state index < -0.39 is 0 Å². The van der Waals surface area contributed by atoms with E-state index in [1.165, 1.54) is 0 Å². The molecule has 0 N–H and O–H groups in total. The van der Waals surface area contributed by atoms with E-state index in [2.05, 4.69) is 9.78 Å². The van der Waals surface area contributed by atoms with Gasteiger partial charge in [-0.2, -0.15) is 0 Å². The molecule has 0 aliphatic carbocycles. The van der Waals surface area contributed by atoms with Crippen LogP contribution in [-0.4, -0.2) is 37.3 Å². The van der Waals surface area contributed by atoms with Gasteiger partial charge in [-0.1, -0.05) is 0 Å². The Morgan fingerprint density at radius 2 is 1.46 bits per heavy atom. The topological polar surface area (TPSA) is 35.0 Å². The maximum absolute atomic E-state index is 5.36. The third-order valence-electron chi connectivity index (χ3n) is 1.48. The van der Waals surface area contributed by atoms with Crippen LogP contribution in [0.3, 0.4) is 0 Å². The maximum atomic E-state index is 5.36. The van der Waals surface area contributed by atoms with Crippen LogP contribution in [0.15, 0.2) is 24.1 Å². The molecular weight excluding hydrogens is 159 g/mol. The van der Waals surface area contributed by atoms with Crippen LogP contribution in [0.2, 0.25) is 0 Å². The van der Waals surface area contributed by atoms with Gasteiger partial charge in [0.05, 0.1) is 0 Å². The summed E-state index contributed by atoms with van der Waals surface area (Å²) in [6.07, 6.45) is 0. The van der Waals surface area contributed by atoms with E-state index in [0.717, 1.165) is 0 Å². The molecule has 2 aromatic rings. The Kier molecular flexibility index (Phi) is 2.75. The molecule has 0 atom stereocenters. The molecule has 56 valence electrons. The second-order valence-electron chi connectivity index (χ2n) is 2.44. The fourth-order valence-corrected chi connectivity index (χ4v) is 0.922. The van der Waals surface area contributed by atoms with Gasteiger partial charge in [0.25, 0.3) is 0 Å². The van der Waals surface area contributed by atoms with Gasteiger partial charge in [-0.05, 0) is 0 Å². The van der Waals surface area contributed by atoms with Crippen molar-refractivity contribution in [3.8, 4) is 11.8 Å². The number of hydrogen-bond donors (Lipinski definition) is 0. The van der Waals surface area contributed by atoms with Crippen molar-refractivity contribution in [2.24, 2.45) is 0 Å². The second kappa shape index (κ2) is 4.21. The molecule has 3 nitrogen and oxygen atoms in total. The molecule has 0 fully saturated rings. The van der Waals surface area contributed by atoms with Crippen LogP contribution in [0, 0.1) is 0 Å². The van der Waals surface area contributed by atoms with Crippen molar-refractivity contribution >= 4 is 27.5 Å². The van der Waals surface area contributed by atoms with Crippen molar-refractivity contribution in [2.75, 3.05) is 0 Å². The zero-order chi connectivity index (χ0) is 8.93. The minimum absolute atomic E-state index is 0.557. The van der Waals surface area contributed by atoms with Gasteiger partial charge in [-0.3, -0.25) is 0 Å². The predicted molar refractivity (Wildman–Crippen MR) is 53.9 cm³/mol. The average molecular weight is 163 g/mol. The van der Waals surface area contributed by atoms with E-state index in [4.69, 9.17) is 4.74 Å². The summed E-state index contributed by atoms with van der Waals surface area (Å²) in [4.78, 5) is 8.02. The molecule has 2 aromatic heterocycles. The van der Waals surface area contributed by atoms with Crippen LogP contribution in [0.1, 0.15) is 0 Å². The Labute approximate surface area is 78.5 Å². The van der Waals surface area contributed by atoms with E-state index in [-0.39, 0.29) is 0 Å². The average Bonchev–Trinajstić information content (AvgIpc) is 2.21. The summed E-state index contributed by atoms with van der Waals surface area (Å²) in [5.41, 5.74) is 0. The van der Waals surface area contributed by atoms with Crippen molar-refractivity contribution in [2.45, 2.75) is 0 Å². The van der Waals surface area contributed by atoms with Crippen molar-refractivity contribution in [3.63, 3.8) is 0 Å². The zero-order valence-electron chi connectivity index (χ0n) is 6.92. The number of ether oxygens (including phenoxy) is 1. The Morgan fingerprint density at radius 3 is 1.85 bits per heavy atom. The SMILES string of the molecule is b1bnc(Oc2ccbbn2)cc1. The molecule has 0 aliphatic rings. The van der Waals surface area contributed by atoms with Crippen LogP contribution < -0.4 is 4.74 Å². The summed E-state index contributed by atoms with van der Waals surface area (Å²) in [6.45, 7) is 7.03. The molecule has 0 unspecified atom stereocenters. The molecular formula is C6H4B4N2O. The molecule has 0 saturated carbocycles. The minimum atomic E-state index is 0.557. The summed E-state index contributed by atoms with van der Waals surface area (Å²) < 4.78 is 5.36. The van der Waals surface area contributed by atoms with E-state index >= 15 is 0 Å². The molecule has 7 heteroatoms. The van der Waals surface area contributed by atoms with Gasteiger partial charge in [0.2, 0.25) is 0 Å². The second-order valence-corrected chi connectivity index (χ2v) is 2.44. The molecule has 0 aliphatic heterocycles. The Morgan fingerprint density at radius 1 is 0.923 bits per heavy atom. The molecule has 0 amide bonds. The van der Waals surface area contributed by atoms with Crippen molar-refractivity contribution < 1.29 is 4.74 Å². The fraction of sp³-hybridized carbons (Fsp3) is 0. The van der Waals surface area contributed by atoms with Crippen LogP contribution in [-0.2, 0) is 0 Å². The molecule has 13 heavy (non-hydrogen) atoms. The fourth-order valence-electron chi connectivity index (χ4n) is 0.922. The summed E-state index contributed by atoms with van der Waals surface area (Å²) in [5.74, 6) is 4.85. The third-order valence-corrected chi connectivity index (χ3v) is 1.48. The first kappa shape index (κ1) is 8.48. The van der Waals surface area contributed by atoms with E-state index in [0.29, 0.717) is 11.8 Å². The summed E-state index contributed by atoms with van der Waals surface area (Å²) in [7, 11) is 0. The van der Waals surface area contributed by atoms with Gasteiger partial charge in [0, 0.05) is 0 Å². The van der Waals surface area contributed by atoms with Crippen LogP contribution in [0.5, 0.6) is 11.8 Å². The molecule has 0 saturated heterocycles. The van der Waals surface area contributed by atoms with Crippen molar-refractivity contribution in [3.05, 3.63) is 24.1 Å². The molecule has 2 heterocycles. The van der Waals surface area contributed by atoms with Gasteiger partial charge < -0.3 is 0 Å². The number of aromatic nitrogens is 2. The number of rotatable bonds is 2. The van der Waals surface area contributed by atoms with E-state index in [9.17, 15) is 0 Å². The summed E-state index contributed by atoms with van der Waals surface area (Å²) in [6, 6.07) is 3.57. The van der Waals surface area contributed by atoms with Gasteiger partial charge in [-0.15, -0.1) is 0 Å². The monoisotopic (exact) mass is 164 g/mol. The first-order valence-electron chi connectivity index (χ1n) is 3.95. The predicted octanol–water partition coefficient (Wildman–Crippen LogP) is -0.379. The summed E-state index contributed by atoms with van der Waals surface area (Å²) in [5, 5.41) is 0. The van der Waals surface area contributed by atoms with Gasteiger partial charge in [-0.25, -0.2) is 0 Å². The first-order chi connectivity index (χ1) is 6.45. The van der Waals surface area contributed by atoms with Crippen LogP contribution >= 0.6 is 0 Å². The molecule has 0 aromatic carbocycles.